The fourth-order valence-corrected chi connectivity index (χ4v) is 3.14. The first-order valence-corrected chi connectivity index (χ1v) is 9.35. The minimum absolute atomic E-state index is 0.0631. The van der Waals surface area contributed by atoms with Crippen LogP contribution in [0.3, 0.4) is 0 Å². The lowest BCUT2D eigenvalue weighted by molar-refractivity contribution is -0.385. The molecule has 0 aliphatic rings. The summed E-state index contributed by atoms with van der Waals surface area (Å²) in [5, 5.41) is 11.2. The maximum Gasteiger partial charge on any atom is 0.272 e. The van der Waals surface area contributed by atoms with Crippen molar-refractivity contribution in [3.8, 4) is 0 Å². The average molecular weight is 374 g/mol. The molecule has 0 unspecified atom stereocenters. The van der Waals surface area contributed by atoms with Crippen LogP contribution in [0.4, 0.5) is 5.69 Å². The summed E-state index contributed by atoms with van der Waals surface area (Å²) in [6.45, 7) is 0. The maximum absolute atomic E-state index is 12.6. The third-order valence-electron chi connectivity index (χ3n) is 3.90. The fraction of sp³-hybridized carbons (Fsp3) is 0.188. The molecule has 0 amide bonds. The summed E-state index contributed by atoms with van der Waals surface area (Å²) in [5.74, 6) is 0. The Morgan fingerprint density at radius 3 is 2.58 bits per heavy atom. The highest BCUT2D eigenvalue weighted by atomic mass is 32.2. The van der Waals surface area contributed by atoms with Gasteiger partial charge in [-0.3, -0.25) is 19.5 Å². The van der Waals surface area contributed by atoms with Crippen LogP contribution in [0.2, 0.25) is 0 Å². The van der Waals surface area contributed by atoms with Crippen molar-refractivity contribution in [1.82, 2.24) is 14.5 Å². The number of nitro benzene ring substituents is 1. The van der Waals surface area contributed by atoms with Gasteiger partial charge in [0.2, 0.25) is 15.0 Å². The molecule has 0 bridgehead atoms. The van der Waals surface area contributed by atoms with Gasteiger partial charge in [0, 0.05) is 48.5 Å². The Bertz CT molecular complexity index is 1200. The van der Waals surface area contributed by atoms with Gasteiger partial charge in [-0.2, -0.15) is 4.98 Å². The van der Waals surface area contributed by atoms with Crippen molar-refractivity contribution in [3.63, 3.8) is 0 Å². The highest BCUT2D eigenvalue weighted by Crippen LogP contribution is 2.21. The van der Waals surface area contributed by atoms with Crippen molar-refractivity contribution >= 4 is 26.6 Å². The molecule has 0 radical (unpaired) electrons. The van der Waals surface area contributed by atoms with Crippen molar-refractivity contribution in [1.29, 1.82) is 0 Å². The molecule has 0 N–H and O–H groups in total. The SMILES string of the molecule is Cn1c(=O)c(Cc2ccccc2[N+](=O)[O-])cc2cnc(S(C)(=O)=O)nc21. The van der Waals surface area contributed by atoms with Crippen LogP contribution in [0.25, 0.3) is 11.0 Å². The summed E-state index contributed by atoms with van der Waals surface area (Å²) >= 11 is 0. The highest BCUT2D eigenvalue weighted by Gasteiger charge is 2.18. The van der Waals surface area contributed by atoms with E-state index in [-0.39, 0.29) is 22.9 Å². The maximum atomic E-state index is 12.6. The molecule has 3 rings (SSSR count). The van der Waals surface area contributed by atoms with Crippen molar-refractivity contribution in [2.75, 3.05) is 6.26 Å². The van der Waals surface area contributed by atoms with E-state index in [1.54, 1.807) is 18.2 Å². The lowest BCUT2D eigenvalue weighted by Crippen LogP contribution is -2.23. The Morgan fingerprint density at radius 2 is 1.92 bits per heavy atom. The predicted octanol–water partition coefficient (Wildman–Crippen LogP) is 1.23. The van der Waals surface area contributed by atoms with Crippen LogP contribution in [0.1, 0.15) is 11.1 Å². The minimum Gasteiger partial charge on any atom is -0.295 e. The standard InChI is InChI=1S/C16H14N4O5S/c1-19-14-12(9-17-16(18-14)26(2,24)25)8-11(15(19)21)7-10-5-3-4-6-13(10)20(22)23/h3-6,8-9H,7H2,1-2H3. The largest absolute Gasteiger partial charge is 0.295 e. The van der Waals surface area contributed by atoms with Crippen LogP contribution < -0.4 is 5.56 Å². The van der Waals surface area contributed by atoms with Crippen LogP contribution in [-0.2, 0) is 23.3 Å². The van der Waals surface area contributed by atoms with Gasteiger partial charge in [0.1, 0.15) is 5.65 Å². The lowest BCUT2D eigenvalue weighted by Gasteiger charge is -2.09. The van der Waals surface area contributed by atoms with Gasteiger partial charge >= 0.3 is 0 Å². The molecule has 26 heavy (non-hydrogen) atoms. The molecule has 10 heteroatoms. The van der Waals surface area contributed by atoms with E-state index >= 15 is 0 Å². The summed E-state index contributed by atoms with van der Waals surface area (Å²) < 4.78 is 24.4. The van der Waals surface area contributed by atoms with Gasteiger partial charge < -0.3 is 0 Å². The Balaban J connectivity index is 2.16. The topological polar surface area (TPSA) is 125 Å². The number of aromatic nitrogens is 3. The molecular formula is C16H14N4O5S. The van der Waals surface area contributed by atoms with Gasteiger partial charge in [0.15, 0.2) is 0 Å². The third-order valence-corrected chi connectivity index (χ3v) is 4.76. The molecule has 0 fully saturated rings. The van der Waals surface area contributed by atoms with Gasteiger partial charge in [0.05, 0.1) is 4.92 Å². The van der Waals surface area contributed by atoms with Crippen molar-refractivity contribution < 1.29 is 13.3 Å². The summed E-state index contributed by atoms with van der Waals surface area (Å²) in [4.78, 5) is 31.0. The number of fused-ring (bicyclic) bond motifs is 1. The van der Waals surface area contributed by atoms with E-state index in [0.29, 0.717) is 16.5 Å². The van der Waals surface area contributed by atoms with Crippen LogP contribution in [0.5, 0.6) is 0 Å². The zero-order valence-corrected chi connectivity index (χ0v) is 14.7. The Hall–Kier alpha value is -3.14. The molecule has 0 aliphatic carbocycles. The second-order valence-electron chi connectivity index (χ2n) is 5.80. The molecule has 0 atom stereocenters. The second kappa shape index (κ2) is 6.30. The van der Waals surface area contributed by atoms with E-state index in [2.05, 4.69) is 9.97 Å². The van der Waals surface area contributed by atoms with E-state index in [0.717, 1.165) is 6.26 Å². The van der Waals surface area contributed by atoms with Gasteiger partial charge in [-0.15, -0.1) is 0 Å². The number of hydrogen-bond donors (Lipinski definition) is 0. The Labute approximate surface area is 148 Å². The van der Waals surface area contributed by atoms with Gasteiger partial charge in [-0.25, -0.2) is 13.4 Å². The van der Waals surface area contributed by atoms with E-state index in [9.17, 15) is 23.3 Å². The summed E-state index contributed by atoms with van der Waals surface area (Å²) in [7, 11) is -2.15. The van der Waals surface area contributed by atoms with Gasteiger partial charge in [-0.05, 0) is 6.07 Å². The molecule has 0 spiro atoms. The number of rotatable bonds is 4. The molecular weight excluding hydrogens is 360 g/mol. The number of pyridine rings is 1. The predicted molar refractivity (Wildman–Crippen MR) is 93.8 cm³/mol. The lowest BCUT2D eigenvalue weighted by atomic mass is 10.0. The van der Waals surface area contributed by atoms with E-state index in [1.165, 1.54) is 29.9 Å². The molecule has 2 heterocycles. The van der Waals surface area contributed by atoms with Crippen LogP contribution >= 0.6 is 0 Å². The number of aryl methyl sites for hydroxylation is 1. The molecule has 0 saturated heterocycles. The average Bonchev–Trinajstić information content (AvgIpc) is 2.58. The third kappa shape index (κ3) is 3.18. The summed E-state index contributed by atoms with van der Waals surface area (Å²) in [6, 6.07) is 7.71. The fourth-order valence-electron chi connectivity index (χ4n) is 2.65. The molecule has 1 aromatic carbocycles. The number of nitro groups is 1. The van der Waals surface area contributed by atoms with E-state index in [4.69, 9.17) is 0 Å². The van der Waals surface area contributed by atoms with Gasteiger partial charge in [0.25, 0.3) is 11.2 Å². The monoisotopic (exact) mass is 374 g/mol. The second-order valence-corrected chi connectivity index (χ2v) is 7.71. The molecule has 2 aromatic heterocycles. The molecule has 0 aliphatic heterocycles. The Kier molecular flexibility index (Phi) is 4.28. The quantitative estimate of drug-likeness (QED) is 0.382. The van der Waals surface area contributed by atoms with E-state index in [1.807, 2.05) is 0 Å². The molecule has 134 valence electrons. The normalized spacial score (nSPS) is 11.6. The Morgan fingerprint density at radius 1 is 1.23 bits per heavy atom. The smallest absolute Gasteiger partial charge is 0.272 e. The van der Waals surface area contributed by atoms with E-state index < -0.39 is 20.3 Å². The number of hydrogen-bond acceptors (Lipinski definition) is 7. The number of para-hydroxylation sites is 1. The summed E-state index contributed by atoms with van der Waals surface area (Å²) in [6.07, 6.45) is 2.36. The van der Waals surface area contributed by atoms with Gasteiger partial charge in [-0.1, -0.05) is 18.2 Å². The number of nitrogens with zero attached hydrogens (tertiary/aromatic N) is 4. The molecule has 9 nitrogen and oxygen atoms in total. The van der Waals surface area contributed by atoms with Crippen LogP contribution in [0.15, 0.2) is 46.5 Å². The number of benzene rings is 1. The minimum atomic E-state index is -3.61. The zero-order chi connectivity index (χ0) is 19.1. The highest BCUT2D eigenvalue weighted by molar-refractivity contribution is 7.90. The van der Waals surface area contributed by atoms with Crippen LogP contribution in [-0.4, -0.2) is 34.1 Å². The molecule has 0 saturated carbocycles. The first-order chi connectivity index (χ1) is 12.2. The molecule has 3 aromatic rings. The first-order valence-electron chi connectivity index (χ1n) is 7.46. The van der Waals surface area contributed by atoms with Crippen molar-refractivity contribution in [2.45, 2.75) is 11.6 Å². The zero-order valence-electron chi connectivity index (χ0n) is 13.9. The van der Waals surface area contributed by atoms with Crippen LogP contribution in [0, 0.1) is 10.1 Å². The van der Waals surface area contributed by atoms with Crippen molar-refractivity contribution in [3.05, 3.63) is 68.1 Å². The first kappa shape index (κ1) is 17.7. The number of sulfone groups is 1. The van der Waals surface area contributed by atoms with Crippen molar-refractivity contribution in [2.24, 2.45) is 7.05 Å². The summed E-state index contributed by atoms with van der Waals surface area (Å²) in [5.41, 5.74) is 0.427.